The third-order valence-electron chi connectivity index (χ3n) is 2.60. The number of hydrogen-bond acceptors (Lipinski definition) is 2. The highest BCUT2D eigenvalue weighted by molar-refractivity contribution is 9.11. The van der Waals surface area contributed by atoms with Crippen molar-refractivity contribution in [3.63, 3.8) is 0 Å². The van der Waals surface area contributed by atoms with Gasteiger partial charge in [-0.25, -0.2) is 0 Å². The van der Waals surface area contributed by atoms with Crippen molar-refractivity contribution in [2.45, 2.75) is 26.2 Å². The van der Waals surface area contributed by atoms with Crippen LogP contribution in [0.25, 0.3) is 0 Å². The average molecular weight is 339 g/mol. The lowest BCUT2D eigenvalue weighted by atomic mass is 10.0. The highest BCUT2D eigenvalue weighted by Crippen LogP contribution is 2.20. The van der Waals surface area contributed by atoms with Crippen molar-refractivity contribution in [2.24, 2.45) is 5.92 Å². The van der Waals surface area contributed by atoms with E-state index in [1.807, 2.05) is 11.4 Å². The Bertz CT molecular complexity index is 350. The molecule has 0 aliphatic heterocycles. The van der Waals surface area contributed by atoms with Crippen LogP contribution in [0.15, 0.2) is 15.2 Å². The van der Waals surface area contributed by atoms with Crippen molar-refractivity contribution in [1.82, 2.24) is 5.32 Å². The Balaban J connectivity index is 2.40. The maximum atomic E-state index is 11.8. The maximum Gasteiger partial charge on any atom is 0.252 e. The molecule has 0 saturated heterocycles. The van der Waals surface area contributed by atoms with Gasteiger partial charge >= 0.3 is 0 Å². The first-order valence-corrected chi connectivity index (χ1v) is 7.96. The topological polar surface area (TPSA) is 29.1 Å². The Morgan fingerprint density at radius 1 is 1.59 bits per heavy atom. The predicted octanol–water partition coefficient (Wildman–Crippen LogP) is 4.29. The highest BCUT2D eigenvalue weighted by Gasteiger charge is 2.11. The zero-order valence-electron chi connectivity index (χ0n) is 9.84. The summed E-state index contributed by atoms with van der Waals surface area (Å²) in [5, 5.41) is 4.83. The minimum Gasteiger partial charge on any atom is -0.352 e. The molecule has 0 aliphatic rings. The molecule has 0 fully saturated rings. The van der Waals surface area contributed by atoms with Gasteiger partial charge in [-0.15, -0.1) is 22.9 Å². The second-order valence-electron chi connectivity index (χ2n) is 3.98. The molecule has 0 saturated carbocycles. The lowest BCUT2D eigenvalue weighted by Gasteiger charge is -2.15. The molecule has 96 valence electrons. The summed E-state index contributed by atoms with van der Waals surface area (Å²) < 4.78 is 0.980. The molecular formula is C12H17BrClNOS. The molecule has 1 atom stereocenters. The van der Waals surface area contributed by atoms with Crippen LogP contribution in [0.5, 0.6) is 0 Å². The number of thiophene rings is 1. The normalized spacial score (nSPS) is 12.4. The zero-order chi connectivity index (χ0) is 12.7. The number of rotatable bonds is 7. The minimum absolute atomic E-state index is 0.00243. The van der Waals surface area contributed by atoms with Crippen molar-refractivity contribution in [3.8, 4) is 0 Å². The Morgan fingerprint density at radius 2 is 2.35 bits per heavy atom. The predicted molar refractivity (Wildman–Crippen MR) is 78.1 cm³/mol. The Morgan fingerprint density at radius 3 is 2.88 bits per heavy atom. The van der Waals surface area contributed by atoms with Crippen LogP contribution in [0.1, 0.15) is 36.5 Å². The van der Waals surface area contributed by atoms with E-state index in [1.165, 1.54) is 11.3 Å². The van der Waals surface area contributed by atoms with Crippen LogP contribution in [-0.4, -0.2) is 18.3 Å². The highest BCUT2D eigenvalue weighted by atomic mass is 79.9. The lowest BCUT2D eigenvalue weighted by molar-refractivity contribution is 0.0946. The molecule has 17 heavy (non-hydrogen) atoms. The van der Waals surface area contributed by atoms with E-state index >= 15 is 0 Å². The van der Waals surface area contributed by atoms with Gasteiger partial charge in [0.2, 0.25) is 0 Å². The third-order valence-corrected chi connectivity index (χ3v) is 4.32. The number of carbonyl (C=O) groups is 1. The number of halogens is 2. The third kappa shape index (κ3) is 5.40. The second-order valence-corrected chi connectivity index (χ2v) is 6.65. The molecule has 0 aromatic carbocycles. The molecule has 1 aromatic heterocycles. The van der Waals surface area contributed by atoms with Gasteiger partial charge in [-0.1, -0.05) is 13.3 Å². The number of alkyl halides is 1. The van der Waals surface area contributed by atoms with Crippen LogP contribution in [0, 0.1) is 5.92 Å². The van der Waals surface area contributed by atoms with Crippen LogP contribution in [0.4, 0.5) is 0 Å². The summed E-state index contributed by atoms with van der Waals surface area (Å²) in [6.45, 7) is 2.87. The van der Waals surface area contributed by atoms with Crippen molar-refractivity contribution in [3.05, 3.63) is 20.8 Å². The largest absolute Gasteiger partial charge is 0.352 e. The quantitative estimate of drug-likeness (QED) is 0.738. The first-order chi connectivity index (χ1) is 8.17. The van der Waals surface area contributed by atoms with Gasteiger partial charge in [0.05, 0.1) is 9.35 Å². The summed E-state index contributed by atoms with van der Waals surface area (Å²) in [5.41, 5.74) is 0.725. The molecule has 1 N–H and O–H groups in total. The Labute approximate surface area is 120 Å². The molecule has 5 heteroatoms. The summed E-state index contributed by atoms with van der Waals surface area (Å²) >= 11 is 10.6. The van der Waals surface area contributed by atoms with E-state index in [9.17, 15) is 4.79 Å². The van der Waals surface area contributed by atoms with Crippen LogP contribution in [-0.2, 0) is 0 Å². The number of amides is 1. The van der Waals surface area contributed by atoms with Gasteiger partial charge in [-0.2, -0.15) is 0 Å². The van der Waals surface area contributed by atoms with Gasteiger partial charge in [0.15, 0.2) is 0 Å². The number of nitrogens with one attached hydrogen (secondary N) is 1. The molecule has 1 unspecified atom stereocenters. The molecule has 1 aromatic rings. The van der Waals surface area contributed by atoms with Crippen LogP contribution in [0.3, 0.4) is 0 Å². The van der Waals surface area contributed by atoms with Crippen molar-refractivity contribution < 1.29 is 4.79 Å². The maximum absolute atomic E-state index is 11.8. The summed E-state index contributed by atoms with van der Waals surface area (Å²) in [4.78, 5) is 11.8. The Hall–Kier alpha value is -0.0600. The SMILES string of the molecule is CCCC(CCCl)CNC(=O)c1csc(Br)c1. The van der Waals surface area contributed by atoms with Gasteiger partial charge in [0.25, 0.3) is 5.91 Å². The first-order valence-electron chi connectivity index (χ1n) is 5.75. The molecule has 1 heterocycles. The summed E-state index contributed by atoms with van der Waals surface area (Å²) in [5.74, 6) is 1.15. The molecule has 0 bridgehead atoms. The van der Waals surface area contributed by atoms with E-state index in [2.05, 4.69) is 28.2 Å². The molecule has 0 spiro atoms. The standard InChI is InChI=1S/C12H17BrClNOS/c1-2-3-9(4-5-14)7-15-12(16)10-6-11(13)17-8-10/h6,8-9H,2-5,7H2,1H3,(H,15,16). The van der Waals surface area contributed by atoms with E-state index in [0.29, 0.717) is 18.3 Å². The fourth-order valence-corrected chi connectivity index (χ4v) is 3.12. The van der Waals surface area contributed by atoms with E-state index in [4.69, 9.17) is 11.6 Å². The van der Waals surface area contributed by atoms with E-state index in [0.717, 1.165) is 28.6 Å². The molecule has 0 radical (unpaired) electrons. The average Bonchev–Trinajstić information content (AvgIpc) is 2.73. The van der Waals surface area contributed by atoms with E-state index in [1.54, 1.807) is 0 Å². The van der Waals surface area contributed by atoms with Gasteiger partial charge in [-0.05, 0) is 40.8 Å². The Kier molecular flexibility index (Phi) is 7.16. The fourth-order valence-electron chi connectivity index (χ4n) is 1.68. The molecule has 2 nitrogen and oxygen atoms in total. The minimum atomic E-state index is 0.00243. The number of carbonyl (C=O) groups excluding carboxylic acids is 1. The number of hydrogen-bond donors (Lipinski definition) is 1. The van der Waals surface area contributed by atoms with E-state index in [-0.39, 0.29) is 5.91 Å². The molecular weight excluding hydrogens is 322 g/mol. The monoisotopic (exact) mass is 337 g/mol. The van der Waals surface area contributed by atoms with Crippen LogP contribution >= 0.6 is 38.9 Å². The van der Waals surface area contributed by atoms with E-state index < -0.39 is 0 Å². The van der Waals surface area contributed by atoms with Crippen molar-refractivity contribution >= 4 is 44.8 Å². The van der Waals surface area contributed by atoms with Gasteiger partial charge in [0, 0.05) is 17.8 Å². The van der Waals surface area contributed by atoms with Crippen LogP contribution in [0.2, 0.25) is 0 Å². The van der Waals surface area contributed by atoms with Gasteiger partial charge in [0.1, 0.15) is 0 Å². The summed E-state index contributed by atoms with van der Waals surface area (Å²) in [6, 6.07) is 1.84. The van der Waals surface area contributed by atoms with Crippen molar-refractivity contribution in [2.75, 3.05) is 12.4 Å². The summed E-state index contributed by atoms with van der Waals surface area (Å²) in [6.07, 6.45) is 3.20. The summed E-state index contributed by atoms with van der Waals surface area (Å²) in [7, 11) is 0. The van der Waals surface area contributed by atoms with Crippen molar-refractivity contribution in [1.29, 1.82) is 0 Å². The van der Waals surface area contributed by atoms with Gasteiger partial charge in [-0.3, -0.25) is 4.79 Å². The molecule has 1 amide bonds. The van der Waals surface area contributed by atoms with Crippen LogP contribution < -0.4 is 5.32 Å². The zero-order valence-corrected chi connectivity index (χ0v) is 13.0. The fraction of sp³-hybridized carbons (Fsp3) is 0.583. The molecule has 0 aliphatic carbocycles. The van der Waals surface area contributed by atoms with Gasteiger partial charge < -0.3 is 5.32 Å². The smallest absolute Gasteiger partial charge is 0.252 e. The lowest BCUT2D eigenvalue weighted by Crippen LogP contribution is -2.29. The first kappa shape index (κ1) is 15.0. The second kappa shape index (κ2) is 8.11. The molecule has 1 rings (SSSR count).